The average molecular weight is 372 g/mol. The molecule has 1 aromatic rings. The van der Waals surface area contributed by atoms with Crippen LogP contribution in [0.25, 0.3) is 0 Å². The number of hydrogen-bond donors (Lipinski definition) is 2. The van der Waals surface area contributed by atoms with Crippen molar-refractivity contribution in [3.63, 3.8) is 0 Å². The summed E-state index contributed by atoms with van der Waals surface area (Å²) in [5.41, 5.74) is 0.618. The molecule has 2 aliphatic rings. The molecule has 7 heteroatoms. The topological polar surface area (TPSA) is 81.8 Å². The van der Waals surface area contributed by atoms with E-state index in [4.69, 9.17) is 0 Å². The molecule has 2 heterocycles. The third-order valence-corrected chi connectivity index (χ3v) is 5.27. The molecule has 7 nitrogen and oxygen atoms in total. The van der Waals surface area contributed by atoms with E-state index in [9.17, 15) is 14.4 Å². The monoisotopic (exact) mass is 372 g/mol. The van der Waals surface area contributed by atoms with Gasteiger partial charge in [0.15, 0.2) is 0 Å². The third-order valence-electron chi connectivity index (χ3n) is 5.27. The highest BCUT2D eigenvalue weighted by molar-refractivity contribution is 5.81. The predicted octanol–water partition coefficient (Wildman–Crippen LogP) is 1.20. The first-order chi connectivity index (χ1) is 12.9. The first kappa shape index (κ1) is 19.2. The van der Waals surface area contributed by atoms with E-state index in [1.165, 1.54) is 0 Å². The summed E-state index contributed by atoms with van der Waals surface area (Å²) in [7, 11) is 0. The van der Waals surface area contributed by atoms with Gasteiger partial charge in [0.1, 0.15) is 0 Å². The summed E-state index contributed by atoms with van der Waals surface area (Å²) >= 11 is 0. The van der Waals surface area contributed by atoms with Gasteiger partial charge in [0.25, 0.3) is 0 Å². The average Bonchev–Trinajstić information content (AvgIpc) is 2.91. The van der Waals surface area contributed by atoms with Crippen LogP contribution < -0.4 is 10.6 Å². The van der Waals surface area contributed by atoms with Gasteiger partial charge in [0, 0.05) is 57.0 Å². The standard InChI is InChI=1S/C20H28N4O3/c1-15(2)18(26)23-8-9-24(14-20(13-23)10-17(25)22-12-20)19(27)21-11-16-6-4-3-5-7-16/h3-7,15H,8-14H2,1-2H3,(H,21,27)(H,22,25). The fourth-order valence-corrected chi connectivity index (χ4v) is 3.85. The van der Waals surface area contributed by atoms with Gasteiger partial charge < -0.3 is 20.4 Å². The van der Waals surface area contributed by atoms with Crippen LogP contribution in [0.5, 0.6) is 0 Å². The quantitative estimate of drug-likeness (QED) is 0.837. The maximum atomic E-state index is 12.8. The van der Waals surface area contributed by atoms with Crippen LogP contribution in [0, 0.1) is 11.3 Å². The molecule has 27 heavy (non-hydrogen) atoms. The van der Waals surface area contributed by atoms with Crippen molar-refractivity contribution in [2.75, 3.05) is 32.7 Å². The van der Waals surface area contributed by atoms with Gasteiger partial charge in [-0.15, -0.1) is 0 Å². The molecule has 0 aliphatic carbocycles. The van der Waals surface area contributed by atoms with Crippen LogP contribution in [0.1, 0.15) is 25.8 Å². The third kappa shape index (κ3) is 4.59. The Hall–Kier alpha value is -2.57. The van der Waals surface area contributed by atoms with Gasteiger partial charge in [-0.1, -0.05) is 44.2 Å². The van der Waals surface area contributed by atoms with Crippen LogP contribution in [0.4, 0.5) is 4.79 Å². The van der Waals surface area contributed by atoms with E-state index in [1.54, 1.807) is 4.90 Å². The van der Waals surface area contributed by atoms with E-state index in [1.807, 2.05) is 49.1 Å². The number of rotatable bonds is 3. The van der Waals surface area contributed by atoms with Crippen LogP contribution in [0.15, 0.2) is 30.3 Å². The summed E-state index contributed by atoms with van der Waals surface area (Å²) in [5, 5.41) is 5.84. The smallest absolute Gasteiger partial charge is 0.317 e. The second kappa shape index (κ2) is 7.98. The van der Waals surface area contributed by atoms with Crippen molar-refractivity contribution in [3.05, 3.63) is 35.9 Å². The lowest BCUT2D eigenvalue weighted by atomic mass is 9.86. The van der Waals surface area contributed by atoms with E-state index in [-0.39, 0.29) is 23.8 Å². The number of urea groups is 1. The van der Waals surface area contributed by atoms with Gasteiger partial charge in [-0.3, -0.25) is 9.59 Å². The van der Waals surface area contributed by atoms with Crippen LogP contribution >= 0.6 is 0 Å². The van der Waals surface area contributed by atoms with Crippen molar-refractivity contribution in [2.45, 2.75) is 26.8 Å². The van der Waals surface area contributed by atoms with E-state index in [2.05, 4.69) is 10.6 Å². The first-order valence-corrected chi connectivity index (χ1v) is 9.51. The minimum Gasteiger partial charge on any atom is -0.355 e. The summed E-state index contributed by atoms with van der Waals surface area (Å²) in [6.07, 6.45) is 0.345. The minimum absolute atomic E-state index is 0.0153. The molecule has 0 radical (unpaired) electrons. The fraction of sp³-hybridized carbons (Fsp3) is 0.550. The lowest BCUT2D eigenvalue weighted by molar-refractivity contribution is -0.135. The summed E-state index contributed by atoms with van der Waals surface area (Å²) in [4.78, 5) is 40.8. The van der Waals surface area contributed by atoms with Gasteiger partial charge in [0.2, 0.25) is 11.8 Å². The van der Waals surface area contributed by atoms with Crippen molar-refractivity contribution in [1.82, 2.24) is 20.4 Å². The molecule has 1 aromatic carbocycles. The molecule has 0 aromatic heterocycles. The Labute approximate surface area is 160 Å². The van der Waals surface area contributed by atoms with Crippen molar-refractivity contribution < 1.29 is 14.4 Å². The van der Waals surface area contributed by atoms with Gasteiger partial charge in [-0.2, -0.15) is 0 Å². The lowest BCUT2D eigenvalue weighted by Gasteiger charge is -2.33. The maximum absolute atomic E-state index is 12.8. The Morgan fingerprint density at radius 1 is 1.15 bits per heavy atom. The zero-order chi connectivity index (χ0) is 19.4. The van der Waals surface area contributed by atoms with Crippen LogP contribution in [0.2, 0.25) is 0 Å². The van der Waals surface area contributed by atoms with E-state index < -0.39 is 5.41 Å². The highest BCUT2D eigenvalue weighted by Crippen LogP contribution is 2.31. The van der Waals surface area contributed by atoms with Crippen molar-refractivity contribution in [3.8, 4) is 0 Å². The second-order valence-electron chi connectivity index (χ2n) is 7.93. The molecule has 146 valence electrons. The zero-order valence-electron chi connectivity index (χ0n) is 16.0. The Bertz CT molecular complexity index is 706. The summed E-state index contributed by atoms with van der Waals surface area (Å²) in [5.74, 6) is -0.0515. The normalized spacial score (nSPS) is 22.7. The van der Waals surface area contributed by atoms with Gasteiger partial charge in [0.05, 0.1) is 0 Å². The number of amides is 4. The number of carbonyl (C=O) groups excluding carboxylic acids is 3. The van der Waals surface area contributed by atoms with Crippen molar-refractivity contribution >= 4 is 17.8 Å². The van der Waals surface area contributed by atoms with Crippen molar-refractivity contribution in [1.29, 1.82) is 0 Å². The van der Waals surface area contributed by atoms with Crippen LogP contribution in [0.3, 0.4) is 0 Å². The van der Waals surface area contributed by atoms with Crippen molar-refractivity contribution in [2.24, 2.45) is 11.3 Å². The first-order valence-electron chi connectivity index (χ1n) is 9.51. The van der Waals surface area contributed by atoms with Gasteiger partial charge >= 0.3 is 6.03 Å². The van der Waals surface area contributed by atoms with Crippen LogP contribution in [-0.2, 0) is 16.1 Å². The summed E-state index contributed by atoms with van der Waals surface area (Å²) in [6, 6.07) is 9.59. The number of nitrogens with zero attached hydrogens (tertiary/aromatic N) is 2. The molecule has 4 amide bonds. The number of carbonyl (C=O) groups is 3. The SMILES string of the molecule is CC(C)C(=O)N1CCN(C(=O)NCc2ccccc2)CC2(CNC(=O)C2)C1. The molecule has 3 rings (SSSR count). The maximum Gasteiger partial charge on any atom is 0.317 e. The highest BCUT2D eigenvalue weighted by Gasteiger charge is 2.45. The van der Waals surface area contributed by atoms with Gasteiger partial charge in [-0.25, -0.2) is 4.79 Å². The van der Waals surface area contributed by atoms with E-state index >= 15 is 0 Å². The molecule has 1 spiro atoms. The summed E-state index contributed by atoms with van der Waals surface area (Å²) < 4.78 is 0. The van der Waals surface area contributed by atoms with E-state index in [0.717, 1.165) is 5.56 Å². The number of benzene rings is 1. The molecule has 1 atom stereocenters. The minimum atomic E-state index is -0.414. The highest BCUT2D eigenvalue weighted by atomic mass is 16.2. The molecule has 0 saturated carbocycles. The molecular formula is C20H28N4O3. The Balaban J connectivity index is 1.71. The fourth-order valence-electron chi connectivity index (χ4n) is 3.85. The largest absolute Gasteiger partial charge is 0.355 e. The lowest BCUT2D eigenvalue weighted by Crippen LogP contribution is -2.47. The Kier molecular flexibility index (Phi) is 5.68. The number of nitrogens with one attached hydrogen (secondary N) is 2. The molecule has 2 saturated heterocycles. The molecule has 2 aliphatic heterocycles. The Morgan fingerprint density at radius 2 is 1.81 bits per heavy atom. The molecule has 1 unspecified atom stereocenters. The van der Waals surface area contributed by atoms with E-state index in [0.29, 0.717) is 45.7 Å². The molecule has 0 bridgehead atoms. The zero-order valence-corrected chi connectivity index (χ0v) is 16.0. The van der Waals surface area contributed by atoms with Gasteiger partial charge in [-0.05, 0) is 5.56 Å². The second-order valence-corrected chi connectivity index (χ2v) is 7.93. The Morgan fingerprint density at radius 3 is 2.44 bits per heavy atom. The predicted molar refractivity (Wildman–Crippen MR) is 102 cm³/mol. The molecular weight excluding hydrogens is 344 g/mol. The van der Waals surface area contributed by atoms with Crippen LogP contribution in [-0.4, -0.2) is 60.4 Å². The number of hydrogen-bond acceptors (Lipinski definition) is 3. The summed E-state index contributed by atoms with van der Waals surface area (Å²) in [6.45, 7) is 6.63. The molecule has 2 N–H and O–H groups in total. The molecule has 2 fully saturated rings.